The standard InChI is InChI=1S/C13H22N6/c1-4-7-9(5-2)16-11-10-8-15-19-12(10)18-13(17-11)14-6-3/h8-9H,4-7H2,1-3H3,(H3,14,15,16,17,18,19). The minimum atomic E-state index is 0.437. The van der Waals surface area contributed by atoms with Gasteiger partial charge in [-0.3, -0.25) is 5.10 Å². The summed E-state index contributed by atoms with van der Waals surface area (Å²) < 4.78 is 0. The molecule has 0 aliphatic carbocycles. The average molecular weight is 262 g/mol. The molecule has 0 fully saturated rings. The molecule has 2 rings (SSSR count). The minimum Gasteiger partial charge on any atom is -0.367 e. The molecule has 0 saturated carbocycles. The van der Waals surface area contributed by atoms with Crippen LogP contribution in [0.15, 0.2) is 6.20 Å². The van der Waals surface area contributed by atoms with Crippen molar-refractivity contribution in [2.75, 3.05) is 17.2 Å². The fourth-order valence-corrected chi connectivity index (χ4v) is 2.10. The predicted octanol–water partition coefficient (Wildman–Crippen LogP) is 2.78. The van der Waals surface area contributed by atoms with Gasteiger partial charge in [-0.25, -0.2) is 0 Å². The van der Waals surface area contributed by atoms with E-state index in [9.17, 15) is 0 Å². The Labute approximate surface area is 113 Å². The zero-order valence-electron chi connectivity index (χ0n) is 11.8. The van der Waals surface area contributed by atoms with Gasteiger partial charge in [-0.05, 0) is 19.8 Å². The number of anilines is 2. The molecule has 2 aromatic rings. The van der Waals surface area contributed by atoms with E-state index in [-0.39, 0.29) is 0 Å². The van der Waals surface area contributed by atoms with Crippen molar-refractivity contribution >= 4 is 22.8 Å². The number of nitrogens with zero attached hydrogens (tertiary/aromatic N) is 3. The molecule has 0 aliphatic heterocycles. The number of aromatic nitrogens is 4. The highest BCUT2D eigenvalue weighted by Crippen LogP contribution is 2.22. The van der Waals surface area contributed by atoms with Crippen molar-refractivity contribution in [2.24, 2.45) is 0 Å². The van der Waals surface area contributed by atoms with E-state index in [4.69, 9.17) is 0 Å². The number of nitrogens with one attached hydrogen (secondary N) is 3. The summed E-state index contributed by atoms with van der Waals surface area (Å²) in [5.74, 6) is 1.49. The van der Waals surface area contributed by atoms with E-state index < -0.39 is 0 Å². The first kappa shape index (κ1) is 13.6. The third-order valence-corrected chi connectivity index (χ3v) is 3.12. The molecule has 0 spiro atoms. The third kappa shape index (κ3) is 3.13. The number of hydrogen-bond donors (Lipinski definition) is 3. The summed E-state index contributed by atoms with van der Waals surface area (Å²) >= 11 is 0. The van der Waals surface area contributed by atoms with Gasteiger partial charge in [-0.1, -0.05) is 20.3 Å². The maximum atomic E-state index is 4.54. The Balaban J connectivity index is 2.31. The fourth-order valence-electron chi connectivity index (χ4n) is 2.10. The smallest absolute Gasteiger partial charge is 0.226 e. The van der Waals surface area contributed by atoms with Crippen LogP contribution in [-0.4, -0.2) is 32.8 Å². The lowest BCUT2D eigenvalue weighted by atomic mass is 10.1. The summed E-state index contributed by atoms with van der Waals surface area (Å²) in [4.78, 5) is 8.92. The molecule has 0 saturated heterocycles. The fraction of sp³-hybridized carbons (Fsp3) is 0.615. The van der Waals surface area contributed by atoms with Crippen LogP contribution < -0.4 is 10.6 Å². The Kier molecular flexibility index (Phi) is 4.54. The molecule has 0 radical (unpaired) electrons. The first-order chi connectivity index (χ1) is 9.28. The molecule has 0 aromatic carbocycles. The first-order valence-electron chi connectivity index (χ1n) is 6.99. The molecular weight excluding hydrogens is 240 g/mol. The Bertz CT molecular complexity index is 521. The van der Waals surface area contributed by atoms with Crippen molar-refractivity contribution in [1.82, 2.24) is 20.2 Å². The van der Waals surface area contributed by atoms with Gasteiger partial charge in [0.1, 0.15) is 5.82 Å². The quantitative estimate of drug-likeness (QED) is 0.715. The highest BCUT2D eigenvalue weighted by molar-refractivity contribution is 5.87. The lowest BCUT2D eigenvalue weighted by molar-refractivity contribution is 0.621. The zero-order valence-corrected chi connectivity index (χ0v) is 11.8. The monoisotopic (exact) mass is 262 g/mol. The Morgan fingerprint density at radius 3 is 2.79 bits per heavy atom. The Morgan fingerprint density at radius 2 is 2.11 bits per heavy atom. The SMILES string of the molecule is CCCC(CC)Nc1nc(NCC)nc2[nH]ncc12. The zero-order chi connectivity index (χ0) is 13.7. The highest BCUT2D eigenvalue weighted by Gasteiger charge is 2.12. The average Bonchev–Trinajstić information content (AvgIpc) is 2.87. The van der Waals surface area contributed by atoms with E-state index in [0.717, 1.165) is 42.7 Å². The van der Waals surface area contributed by atoms with Crippen molar-refractivity contribution in [3.8, 4) is 0 Å². The maximum absolute atomic E-state index is 4.54. The van der Waals surface area contributed by atoms with E-state index in [0.29, 0.717) is 12.0 Å². The van der Waals surface area contributed by atoms with Crippen molar-refractivity contribution in [3.63, 3.8) is 0 Å². The molecule has 3 N–H and O–H groups in total. The second-order valence-corrected chi connectivity index (χ2v) is 4.60. The van der Waals surface area contributed by atoms with Crippen molar-refractivity contribution in [1.29, 1.82) is 0 Å². The lowest BCUT2D eigenvalue weighted by Gasteiger charge is -2.17. The van der Waals surface area contributed by atoms with Gasteiger partial charge < -0.3 is 10.6 Å². The number of fused-ring (bicyclic) bond motifs is 1. The maximum Gasteiger partial charge on any atom is 0.226 e. The molecule has 2 aromatic heterocycles. The normalized spacial score (nSPS) is 12.6. The van der Waals surface area contributed by atoms with Gasteiger partial charge in [0, 0.05) is 12.6 Å². The molecule has 0 aliphatic rings. The molecule has 0 amide bonds. The second-order valence-electron chi connectivity index (χ2n) is 4.60. The molecule has 6 nitrogen and oxygen atoms in total. The van der Waals surface area contributed by atoms with Gasteiger partial charge in [-0.15, -0.1) is 0 Å². The highest BCUT2D eigenvalue weighted by atomic mass is 15.2. The van der Waals surface area contributed by atoms with Crippen LogP contribution in [0.25, 0.3) is 11.0 Å². The Morgan fingerprint density at radius 1 is 1.26 bits per heavy atom. The molecule has 6 heteroatoms. The van der Waals surface area contributed by atoms with Crippen LogP contribution in [0, 0.1) is 0 Å². The van der Waals surface area contributed by atoms with E-state index in [2.05, 4.69) is 44.6 Å². The third-order valence-electron chi connectivity index (χ3n) is 3.12. The summed E-state index contributed by atoms with van der Waals surface area (Å²) in [6, 6.07) is 0.437. The van der Waals surface area contributed by atoms with Gasteiger partial charge in [0.05, 0.1) is 11.6 Å². The van der Waals surface area contributed by atoms with Crippen LogP contribution in [0.2, 0.25) is 0 Å². The van der Waals surface area contributed by atoms with Gasteiger partial charge in [0.25, 0.3) is 0 Å². The number of H-pyrrole nitrogens is 1. The molecule has 19 heavy (non-hydrogen) atoms. The van der Waals surface area contributed by atoms with Crippen LogP contribution in [0.1, 0.15) is 40.0 Å². The molecule has 1 atom stereocenters. The van der Waals surface area contributed by atoms with E-state index in [1.807, 2.05) is 6.92 Å². The van der Waals surface area contributed by atoms with E-state index in [1.165, 1.54) is 0 Å². The summed E-state index contributed by atoms with van der Waals surface area (Å²) in [7, 11) is 0. The van der Waals surface area contributed by atoms with Crippen molar-refractivity contribution in [3.05, 3.63) is 6.20 Å². The van der Waals surface area contributed by atoms with Crippen LogP contribution >= 0.6 is 0 Å². The molecule has 2 heterocycles. The van der Waals surface area contributed by atoms with Crippen molar-refractivity contribution < 1.29 is 0 Å². The van der Waals surface area contributed by atoms with E-state index in [1.54, 1.807) is 6.20 Å². The second kappa shape index (κ2) is 6.36. The van der Waals surface area contributed by atoms with Gasteiger partial charge in [0.2, 0.25) is 5.95 Å². The molecule has 0 bridgehead atoms. The summed E-state index contributed by atoms with van der Waals surface area (Å²) in [5.41, 5.74) is 0.764. The number of hydrogen-bond acceptors (Lipinski definition) is 5. The van der Waals surface area contributed by atoms with E-state index >= 15 is 0 Å². The van der Waals surface area contributed by atoms with Gasteiger partial charge in [0.15, 0.2) is 5.65 Å². The van der Waals surface area contributed by atoms with Crippen LogP contribution in [-0.2, 0) is 0 Å². The summed E-state index contributed by atoms with van der Waals surface area (Å²) in [5, 5.41) is 14.5. The van der Waals surface area contributed by atoms with Crippen LogP contribution in [0.3, 0.4) is 0 Å². The minimum absolute atomic E-state index is 0.437. The molecule has 1 unspecified atom stereocenters. The number of aromatic amines is 1. The summed E-state index contributed by atoms with van der Waals surface area (Å²) in [6.45, 7) is 7.21. The molecular formula is C13H22N6. The topological polar surface area (TPSA) is 78.5 Å². The number of rotatable bonds is 7. The largest absolute Gasteiger partial charge is 0.367 e. The lowest BCUT2D eigenvalue weighted by Crippen LogP contribution is -2.19. The predicted molar refractivity (Wildman–Crippen MR) is 78.5 cm³/mol. The Hall–Kier alpha value is -1.85. The van der Waals surface area contributed by atoms with Gasteiger partial charge in [-0.2, -0.15) is 15.1 Å². The van der Waals surface area contributed by atoms with Crippen LogP contribution in [0.4, 0.5) is 11.8 Å². The molecule has 104 valence electrons. The summed E-state index contributed by atoms with van der Waals surface area (Å²) in [6.07, 6.45) is 5.14. The first-order valence-corrected chi connectivity index (χ1v) is 6.99. The van der Waals surface area contributed by atoms with Crippen LogP contribution in [0.5, 0.6) is 0 Å². The van der Waals surface area contributed by atoms with Gasteiger partial charge >= 0.3 is 0 Å². The van der Waals surface area contributed by atoms with Crippen molar-refractivity contribution in [2.45, 2.75) is 46.1 Å².